The number of halogens is 2. The molecule has 0 saturated carbocycles. The van der Waals surface area contributed by atoms with Crippen LogP contribution in [0.25, 0.3) is 0 Å². The van der Waals surface area contributed by atoms with Gasteiger partial charge in [-0.05, 0) is 62.8 Å². The second kappa shape index (κ2) is 9.90. The Labute approximate surface area is 198 Å². The minimum atomic E-state index is -0.924. The Kier molecular flexibility index (Phi) is 6.96. The zero-order valence-electron chi connectivity index (χ0n) is 18.0. The van der Waals surface area contributed by atoms with Gasteiger partial charge in [0.15, 0.2) is 11.5 Å². The van der Waals surface area contributed by atoms with Gasteiger partial charge in [0.05, 0.1) is 23.7 Å². The Morgan fingerprint density at radius 1 is 1.36 bits per heavy atom. The van der Waals surface area contributed by atoms with Gasteiger partial charge in [-0.3, -0.25) is 4.79 Å². The van der Waals surface area contributed by atoms with Crippen molar-refractivity contribution in [3.05, 3.63) is 63.5 Å². The van der Waals surface area contributed by atoms with Crippen LogP contribution in [0, 0.1) is 5.82 Å². The van der Waals surface area contributed by atoms with Crippen LogP contribution in [0.5, 0.6) is 0 Å². The SMILES string of the molecule is CC(Nc1ccc(F)c(Br)c1)c1nonc1NCC(=O)N(C)Cc1cccc2c1COB2O. The fourth-order valence-electron chi connectivity index (χ4n) is 3.61. The zero-order valence-corrected chi connectivity index (χ0v) is 19.6. The topological polar surface area (TPSA) is 113 Å². The first-order chi connectivity index (χ1) is 15.8. The minimum absolute atomic E-state index is 0.0132. The van der Waals surface area contributed by atoms with E-state index in [9.17, 15) is 14.2 Å². The maximum absolute atomic E-state index is 13.5. The molecule has 0 saturated heterocycles. The number of nitrogens with one attached hydrogen (secondary N) is 2. The van der Waals surface area contributed by atoms with Crippen LogP contribution in [0.15, 0.2) is 45.5 Å². The highest BCUT2D eigenvalue weighted by Crippen LogP contribution is 2.26. The number of anilines is 2. The maximum atomic E-state index is 13.5. The number of carbonyl (C=O) groups excluding carboxylic acids is 1. The first kappa shape index (κ1) is 23.2. The van der Waals surface area contributed by atoms with E-state index in [-0.39, 0.29) is 24.3 Å². The quantitative estimate of drug-likeness (QED) is 0.390. The molecular formula is C21H22BBrFN5O4. The molecule has 3 aromatic rings. The molecule has 172 valence electrons. The summed E-state index contributed by atoms with van der Waals surface area (Å²) in [4.78, 5) is 14.3. The smallest absolute Gasteiger partial charge is 0.423 e. The molecule has 0 spiro atoms. The molecule has 9 nitrogen and oxygen atoms in total. The summed E-state index contributed by atoms with van der Waals surface area (Å²) in [5, 5.41) is 23.8. The van der Waals surface area contributed by atoms with Crippen LogP contribution in [-0.4, -0.2) is 46.9 Å². The number of rotatable bonds is 8. The van der Waals surface area contributed by atoms with Crippen molar-refractivity contribution >= 4 is 45.9 Å². The van der Waals surface area contributed by atoms with Crippen molar-refractivity contribution in [2.75, 3.05) is 24.2 Å². The van der Waals surface area contributed by atoms with E-state index in [1.165, 1.54) is 6.07 Å². The summed E-state index contributed by atoms with van der Waals surface area (Å²) < 4.78 is 23.9. The van der Waals surface area contributed by atoms with Crippen molar-refractivity contribution in [3.63, 3.8) is 0 Å². The second-order valence-electron chi connectivity index (χ2n) is 7.74. The van der Waals surface area contributed by atoms with Gasteiger partial charge in [0.1, 0.15) is 5.82 Å². The number of likely N-dealkylation sites (N-methyl/N-ethyl adjacent to an activating group) is 1. The van der Waals surface area contributed by atoms with Crippen LogP contribution in [0.4, 0.5) is 15.9 Å². The van der Waals surface area contributed by atoms with E-state index in [1.54, 1.807) is 24.1 Å². The summed E-state index contributed by atoms with van der Waals surface area (Å²) in [6, 6.07) is 9.83. The number of benzene rings is 2. The van der Waals surface area contributed by atoms with Gasteiger partial charge in [0.2, 0.25) is 5.91 Å². The summed E-state index contributed by atoms with van der Waals surface area (Å²) in [5.74, 6) is -0.176. The van der Waals surface area contributed by atoms with Crippen molar-refractivity contribution in [1.82, 2.24) is 15.2 Å². The maximum Gasteiger partial charge on any atom is 0.491 e. The van der Waals surface area contributed by atoms with Crippen molar-refractivity contribution in [2.45, 2.75) is 26.1 Å². The molecule has 2 aromatic carbocycles. The molecule has 2 heterocycles. The van der Waals surface area contributed by atoms with Gasteiger partial charge in [0, 0.05) is 19.3 Å². The number of aromatic nitrogens is 2. The van der Waals surface area contributed by atoms with Gasteiger partial charge in [-0.25, -0.2) is 9.02 Å². The third kappa shape index (κ3) is 5.18. The van der Waals surface area contributed by atoms with Crippen molar-refractivity contribution < 1.29 is 23.5 Å². The van der Waals surface area contributed by atoms with Crippen LogP contribution < -0.4 is 16.1 Å². The molecule has 33 heavy (non-hydrogen) atoms. The Bertz CT molecular complexity index is 1160. The van der Waals surface area contributed by atoms with E-state index >= 15 is 0 Å². The highest BCUT2D eigenvalue weighted by molar-refractivity contribution is 9.10. The van der Waals surface area contributed by atoms with Crippen LogP contribution in [0.3, 0.4) is 0 Å². The molecule has 0 fully saturated rings. The third-order valence-electron chi connectivity index (χ3n) is 5.43. The molecule has 0 bridgehead atoms. The predicted molar refractivity (Wildman–Crippen MR) is 124 cm³/mol. The molecule has 4 rings (SSSR count). The highest BCUT2D eigenvalue weighted by Gasteiger charge is 2.29. The zero-order chi connectivity index (χ0) is 23.5. The molecule has 1 unspecified atom stereocenters. The van der Waals surface area contributed by atoms with Gasteiger partial charge < -0.3 is 25.2 Å². The van der Waals surface area contributed by atoms with Gasteiger partial charge in [-0.1, -0.05) is 23.4 Å². The van der Waals surface area contributed by atoms with E-state index < -0.39 is 7.12 Å². The fourth-order valence-corrected chi connectivity index (χ4v) is 3.99. The fraction of sp³-hybridized carbons (Fsp3) is 0.286. The van der Waals surface area contributed by atoms with Crippen molar-refractivity contribution in [1.29, 1.82) is 0 Å². The van der Waals surface area contributed by atoms with E-state index in [1.807, 2.05) is 25.1 Å². The molecular weight excluding hydrogens is 496 g/mol. The molecule has 1 aromatic heterocycles. The molecule has 0 radical (unpaired) electrons. The van der Waals surface area contributed by atoms with Gasteiger partial charge >= 0.3 is 7.12 Å². The molecule has 3 N–H and O–H groups in total. The lowest BCUT2D eigenvalue weighted by Gasteiger charge is -2.19. The summed E-state index contributed by atoms with van der Waals surface area (Å²) in [5.41, 5.74) is 3.74. The first-order valence-electron chi connectivity index (χ1n) is 10.3. The largest absolute Gasteiger partial charge is 0.491 e. The monoisotopic (exact) mass is 517 g/mol. The summed E-state index contributed by atoms with van der Waals surface area (Å²) in [6.07, 6.45) is 0. The van der Waals surface area contributed by atoms with Crippen molar-refractivity contribution in [3.8, 4) is 0 Å². The lowest BCUT2D eigenvalue weighted by molar-refractivity contribution is -0.128. The Morgan fingerprint density at radius 3 is 2.97 bits per heavy atom. The Hall–Kier alpha value is -2.96. The molecule has 1 aliphatic rings. The second-order valence-corrected chi connectivity index (χ2v) is 8.60. The predicted octanol–water partition coefficient (Wildman–Crippen LogP) is 2.43. The lowest BCUT2D eigenvalue weighted by atomic mass is 9.78. The molecule has 1 amide bonds. The van der Waals surface area contributed by atoms with Gasteiger partial charge in [-0.15, -0.1) is 0 Å². The third-order valence-corrected chi connectivity index (χ3v) is 6.04. The standard InChI is InChI=1S/C21H22BBrFN5O4/c1-12(26-14-6-7-18(24)17(23)8-14)20-21(28-33-27-20)25-9-19(30)29(2)10-13-4-3-5-16-15(13)11-32-22(16)31/h3-8,12,26,31H,9-11H2,1-2H3,(H,25,28). The number of hydrogen-bond acceptors (Lipinski definition) is 8. The average molecular weight is 518 g/mol. The van der Waals surface area contributed by atoms with E-state index in [2.05, 4.69) is 36.9 Å². The molecule has 1 atom stereocenters. The van der Waals surface area contributed by atoms with Gasteiger partial charge in [-0.2, -0.15) is 0 Å². The lowest BCUT2D eigenvalue weighted by Crippen LogP contribution is -2.33. The number of fused-ring (bicyclic) bond motifs is 1. The summed E-state index contributed by atoms with van der Waals surface area (Å²) in [7, 11) is 0.779. The number of hydrogen-bond donors (Lipinski definition) is 3. The highest BCUT2D eigenvalue weighted by atomic mass is 79.9. The number of carbonyl (C=O) groups is 1. The molecule has 12 heteroatoms. The summed E-state index contributed by atoms with van der Waals surface area (Å²) >= 11 is 3.16. The average Bonchev–Trinajstić information content (AvgIpc) is 3.42. The number of amides is 1. The van der Waals surface area contributed by atoms with Crippen LogP contribution in [0.2, 0.25) is 0 Å². The molecule has 0 aliphatic carbocycles. The minimum Gasteiger partial charge on any atom is -0.423 e. The van der Waals surface area contributed by atoms with Crippen molar-refractivity contribution in [2.24, 2.45) is 0 Å². The number of nitrogens with zero attached hydrogens (tertiary/aromatic N) is 3. The Balaban J connectivity index is 1.35. The van der Waals surface area contributed by atoms with Crippen LogP contribution >= 0.6 is 15.9 Å². The summed E-state index contributed by atoms with van der Waals surface area (Å²) in [6.45, 7) is 2.53. The normalized spacial score (nSPS) is 13.5. The van der Waals surface area contributed by atoms with E-state index in [0.29, 0.717) is 34.8 Å². The van der Waals surface area contributed by atoms with E-state index in [4.69, 9.17) is 9.28 Å². The van der Waals surface area contributed by atoms with Gasteiger partial charge in [0.25, 0.3) is 0 Å². The van der Waals surface area contributed by atoms with E-state index in [0.717, 1.165) is 16.6 Å². The van der Waals surface area contributed by atoms with Crippen LogP contribution in [0.1, 0.15) is 29.8 Å². The first-order valence-corrected chi connectivity index (χ1v) is 11.0. The molecule has 1 aliphatic heterocycles. The van der Waals surface area contributed by atoms with Crippen LogP contribution in [-0.2, 0) is 22.6 Å². The Morgan fingerprint density at radius 2 is 2.18 bits per heavy atom.